The third-order valence-electron chi connectivity index (χ3n) is 3.80. The van der Waals surface area contributed by atoms with E-state index in [4.69, 9.17) is 16.7 Å². The predicted molar refractivity (Wildman–Crippen MR) is 88.8 cm³/mol. The summed E-state index contributed by atoms with van der Waals surface area (Å²) in [6, 6.07) is 13.8. The van der Waals surface area contributed by atoms with Crippen molar-refractivity contribution in [3.63, 3.8) is 0 Å². The summed E-state index contributed by atoms with van der Waals surface area (Å²) < 4.78 is 0. The highest BCUT2D eigenvalue weighted by molar-refractivity contribution is 6.30. The van der Waals surface area contributed by atoms with Gasteiger partial charge >= 0.3 is 5.97 Å². The first-order valence-electron chi connectivity index (χ1n) is 7.13. The van der Waals surface area contributed by atoms with Gasteiger partial charge in [-0.15, -0.1) is 0 Å². The first kappa shape index (κ1) is 15.3. The van der Waals surface area contributed by atoms with E-state index in [9.17, 15) is 9.59 Å². The van der Waals surface area contributed by atoms with Gasteiger partial charge in [0.25, 0.3) is 0 Å². The molecule has 4 nitrogen and oxygen atoms in total. The van der Waals surface area contributed by atoms with E-state index >= 15 is 0 Å². The van der Waals surface area contributed by atoms with Crippen LogP contribution in [0.5, 0.6) is 0 Å². The van der Waals surface area contributed by atoms with Gasteiger partial charge in [-0.3, -0.25) is 4.79 Å². The van der Waals surface area contributed by atoms with E-state index in [0.29, 0.717) is 11.4 Å². The van der Waals surface area contributed by atoms with E-state index in [0.717, 1.165) is 11.3 Å². The second-order valence-electron chi connectivity index (χ2n) is 5.32. The molecule has 0 saturated heterocycles. The summed E-state index contributed by atoms with van der Waals surface area (Å²) in [5.41, 5.74) is 1.99. The van der Waals surface area contributed by atoms with Gasteiger partial charge in [-0.2, -0.15) is 0 Å². The lowest BCUT2D eigenvalue weighted by molar-refractivity contribution is -0.115. The molecule has 0 saturated carbocycles. The molecule has 23 heavy (non-hydrogen) atoms. The number of hydrogen-bond donors (Lipinski definition) is 1. The van der Waals surface area contributed by atoms with E-state index in [1.807, 2.05) is 23.1 Å². The zero-order valence-corrected chi connectivity index (χ0v) is 12.9. The minimum Gasteiger partial charge on any atom is -0.478 e. The van der Waals surface area contributed by atoms with Crippen molar-refractivity contribution in [3.8, 4) is 0 Å². The average molecular weight is 328 g/mol. The molecule has 2 aromatic carbocycles. The fraction of sp³-hybridized carbons (Fsp3) is 0.111. The van der Waals surface area contributed by atoms with Crippen LogP contribution in [0.3, 0.4) is 0 Å². The molecule has 116 valence electrons. The first-order valence-corrected chi connectivity index (χ1v) is 7.50. The van der Waals surface area contributed by atoms with E-state index in [1.165, 1.54) is 0 Å². The van der Waals surface area contributed by atoms with Gasteiger partial charge in [0.1, 0.15) is 0 Å². The van der Waals surface area contributed by atoms with Gasteiger partial charge in [0.15, 0.2) is 5.78 Å². The summed E-state index contributed by atoms with van der Waals surface area (Å²) in [5.74, 6) is -0.932. The Morgan fingerprint density at radius 1 is 1.17 bits per heavy atom. The van der Waals surface area contributed by atoms with Crippen molar-refractivity contribution >= 4 is 29.0 Å². The topological polar surface area (TPSA) is 57.6 Å². The number of carboxylic acids is 1. The molecule has 0 bridgehead atoms. The van der Waals surface area contributed by atoms with Crippen LogP contribution in [0, 0.1) is 0 Å². The highest BCUT2D eigenvalue weighted by Crippen LogP contribution is 2.34. The highest BCUT2D eigenvalue weighted by atomic mass is 35.5. The number of halogens is 1. The molecule has 2 aromatic rings. The van der Waals surface area contributed by atoms with Gasteiger partial charge in [-0.1, -0.05) is 29.8 Å². The second kappa shape index (κ2) is 6.26. The van der Waals surface area contributed by atoms with E-state index in [-0.39, 0.29) is 17.4 Å². The van der Waals surface area contributed by atoms with Crippen molar-refractivity contribution in [2.45, 2.75) is 12.5 Å². The van der Waals surface area contributed by atoms with Gasteiger partial charge in [0.05, 0.1) is 11.6 Å². The predicted octanol–water partition coefficient (Wildman–Crippen LogP) is 4.07. The lowest BCUT2D eigenvalue weighted by Gasteiger charge is -2.33. The molecule has 1 atom stereocenters. The molecule has 0 radical (unpaired) electrons. The van der Waals surface area contributed by atoms with Gasteiger partial charge < -0.3 is 10.0 Å². The SMILES string of the molecule is O=C1C=CN(c2cccc(Cl)c2)C(c2ccc(C(=O)O)cc2)C1. The molecule has 0 aliphatic carbocycles. The number of anilines is 1. The fourth-order valence-corrected chi connectivity index (χ4v) is 2.84. The summed E-state index contributed by atoms with van der Waals surface area (Å²) in [5, 5.41) is 9.62. The molecular weight excluding hydrogens is 314 g/mol. The minimum atomic E-state index is -0.970. The zero-order chi connectivity index (χ0) is 16.4. The number of benzene rings is 2. The first-order chi connectivity index (χ1) is 11.0. The third-order valence-corrected chi connectivity index (χ3v) is 4.04. The maximum atomic E-state index is 11.8. The van der Waals surface area contributed by atoms with Crippen LogP contribution in [0.15, 0.2) is 60.8 Å². The normalized spacial score (nSPS) is 17.3. The lowest BCUT2D eigenvalue weighted by Crippen LogP contribution is -2.29. The molecule has 1 aliphatic rings. The number of rotatable bonds is 3. The van der Waals surface area contributed by atoms with Crippen molar-refractivity contribution in [1.82, 2.24) is 0 Å². The van der Waals surface area contributed by atoms with Crippen LogP contribution >= 0.6 is 11.6 Å². The van der Waals surface area contributed by atoms with Crippen LogP contribution in [-0.4, -0.2) is 16.9 Å². The van der Waals surface area contributed by atoms with Crippen LogP contribution in [0.4, 0.5) is 5.69 Å². The summed E-state index contributed by atoms with van der Waals surface area (Å²) in [6.45, 7) is 0. The van der Waals surface area contributed by atoms with Crippen LogP contribution < -0.4 is 4.90 Å². The average Bonchev–Trinajstić information content (AvgIpc) is 2.55. The number of aromatic carboxylic acids is 1. The Labute approximate surface area is 138 Å². The van der Waals surface area contributed by atoms with E-state index < -0.39 is 5.97 Å². The van der Waals surface area contributed by atoms with Crippen molar-refractivity contribution in [1.29, 1.82) is 0 Å². The van der Waals surface area contributed by atoms with Crippen LogP contribution in [0.2, 0.25) is 5.02 Å². The Morgan fingerprint density at radius 2 is 1.91 bits per heavy atom. The molecule has 1 heterocycles. The Morgan fingerprint density at radius 3 is 2.57 bits per heavy atom. The Bertz CT molecular complexity index is 783. The number of carbonyl (C=O) groups excluding carboxylic acids is 1. The van der Waals surface area contributed by atoms with Crippen molar-refractivity contribution in [2.24, 2.45) is 0 Å². The summed E-state index contributed by atoms with van der Waals surface area (Å²) in [6.07, 6.45) is 3.62. The number of ketones is 1. The van der Waals surface area contributed by atoms with Crippen molar-refractivity contribution in [2.75, 3.05) is 4.90 Å². The fourth-order valence-electron chi connectivity index (χ4n) is 2.65. The monoisotopic (exact) mass is 327 g/mol. The molecule has 0 aromatic heterocycles. The number of carboxylic acid groups (broad SMARTS) is 1. The summed E-state index contributed by atoms with van der Waals surface area (Å²) in [7, 11) is 0. The van der Waals surface area contributed by atoms with Crippen molar-refractivity contribution < 1.29 is 14.7 Å². The van der Waals surface area contributed by atoms with Crippen LogP contribution in [-0.2, 0) is 4.79 Å². The highest BCUT2D eigenvalue weighted by Gasteiger charge is 2.25. The molecule has 0 amide bonds. The summed E-state index contributed by atoms with van der Waals surface area (Å²) in [4.78, 5) is 24.8. The van der Waals surface area contributed by atoms with Gasteiger partial charge in [-0.05, 0) is 42.0 Å². The molecule has 1 unspecified atom stereocenters. The minimum absolute atomic E-state index is 0.0376. The number of allylic oxidation sites excluding steroid dienone is 1. The Hall–Kier alpha value is -2.59. The van der Waals surface area contributed by atoms with Gasteiger partial charge in [-0.25, -0.2) is 4.79 Å². The largest absolute Gasteiger partial charge is 0.478 e. The van der Waals surface area contributed by atoms with Crippen LogP contribution in [0.25, 0.3) is 0 Å². The Balaban J connectivity index is 1.98. The molecule has 5 heteroatoms. The molecule has 0 spiro atoms. The lowest BCUT2D eigenvalue weighted by atomic mass is 9.96. The summed E-state index contributed by atoms with van der Waals surface area (Å²) >= 11 is 6.06. The molecular formula is C18H14ClNO3. The number of nitrogens with zero attached hydrogens (tertiary/aromatic N) is 1. The number of hydrogen-bond acceptors (Lipinski definition) is 3. The van der Waals surface area contributed by atoms with Gasteiger partial charge in [0, 0.05) is 23.3 Å². The van der Waals surface area contributed by atoms with Crippen LogP contribution in [0.1, 0.15) is 28.4 Å². The van der Waals surface area contributed by atoms with Gasteiger partial charge in [0.2, 0.25) is 0 Å². The molecule has 1 N–H and O–H groups in total. The zero-order valence-electron chi connectivity index (χ0n) is 12.1. The maximum absolute atomic E-state index is 11.8. The third kappa shape index (κ3) is 3.27. The van der Waals surface area contributed by atoms with E-state index in [1.54, 1.807) is 42.6 Å². The molecule has 1 aliphatic heterocycles. The smallest absolute Gasteiger partial charge is 0.335 e. The standard InChI is InChI=1S/C18H14ClNO3/c19-14-2-1-3-15(10-14)20-9-8-16(21)11-17(20)12-4-6-13(7-5-12)18(22)23/h1-10,17H,11H2,(H,22,23). The Kier molecular flexibility index (Phi) is 4.17. The second-order valence-corrected chi connectivity index (χ2v) is 5.75. The maximum Gasteiger partial charge on any atom is 0.335 e. The number of carbonyl (C=O) groups is 2. The molecule has 0 fully saturated rings. The van der Waals surface area contributed by atoms with E-state index in [2.05, 4.69) is 0 Å². The molecule has 3 rings (SSSR count). The quantitative estimate of drug-likeness (QED) is 0.923. The van der Waals surface area contributed by atoms with Crippen molar-refractivity contribution in [3.05, 3.63) is 77.0 Å².